The zero-order valence-electron chi connectivity index (χ0n) is 33.5. The minimum atomic E-state index is -1.38. The predicted molar refractivity (Wildman–Crippen MR) is 232 cm³/mol. The number of hydrogen-bond donors (Lipinski definition) is 0. The van der Waals surface area contributed by atoms with Gasteiger partial charge in [-0.3, -0.25) is 0 Å². The quantitative estimate of drug-likeness (QED) is 0.152. The topological polar surface area (TPSA) is 198 Å². The molecule has 13 heteroatoms. The van der Waals surface area contributed by atoms with E-state index in [0.717, 1.165) is 33.4 Å². The van der Waals surface area contributed by atoms with E-state index in [1.165, 1.54) is 0 Å². The minimum Gasteiger partial charge on any atom is -0.542 e. The third-order valence-corrected chi connectivity index (χ3v) is 9.14. The van der Waals surface area contributed by atoms with Crippen LogP contribution in [-0.2, 0) is 20.1 Å². The molecule has 0 fully saturated rings. The maximum Gasteiger partial charge on any atom is 3.00 e. The first-order chi connectivity index (χ1) is 30.7. The molecule has 9 aromatic rings. The van der Waals surface area contributed by atoms with Crippen molar-refractivity contribution >= 4 is 17.9 Å². The molecule has 0 aliphatic heterocycles. The molecule has 0 spiro atoms. The number of carboxylic acid groups (broad SMARTS) is 3. The number of carbonyl (C=O) groups excluding carboxylic acids is 3. The van der Waals surface area contributed by atoms with Crippen molar-refractivity contribution < 1.29 is 49.8 Å². The van der Waals surface area contributed by atoms with Crippen LogP contribution in [-0.4, -0.2) is 47.8 Å². The first-order valence-electron chi connectivity index (χ1n) is 19.4. The molecular formula is C51H33IrN6O6. The summed E-state index contributed by atoms with van der Waals surface area (Å²) in [6.07, 6.45) is 0. The number of hydrogen-bond acceptors (Lipinski definition) is 12. The van der Waals surface area contributed by atoms with E-state index in [1.54, 1.807) is 18.2 Å². The fourth-order valence-electron chi connectivity index (χ4n) is 6.16. The molecule has 0 atom stereocenters. The van der Waals surface area contributed by atoms with E-state index in [4.69, 9.17) is 0 Å². The van der Waals surface area contributed by atoms with Crippen LogP contribution in [0.1, 0.15) is 31.9 Å². The number of aromatic nitrogens is 6. The fourth-order valence-corrected chi connectivity index (χ4v) is 6.16. The Hall–Kier alpha value is -8.38. The normalized spacial score (nSPS) is 10.1. The smallest absolute Gasteiger partial charge is 0.542 e. The second-order valence-electron chi connectivity index (χ2n) is 13.4. The summed E-state index contributed by atoms with van der Waals surface area (Å²) in [6, 6.07) is 61.6. The van der Waals surface area contributed by atoms with Crippen LogP contribution < -0.4 is 15.3 Å². The number of carboxylic acids is 3. The Labute approximate surface area is 381 Å². The maximum atomic E-state index is 11.1. The van der Waals surface area contributed by atoms with Gasteiger partial charge in [0.1, 0.15) is 17.9 Å². The number of carbonyl (C=O) groups is 3. The average molecular weight is 1020 g/mol. The largest absolute Gasteiger partial charge is 3.00 e. The molecule has 0 saturated carbocycles. The summed E-state index contributed by atoms with van der Waals surface area (Å²) in [7, 11) is 0. The van der Waals surface area contributed by atoms with Crippen LogP contribution in [0.4, 0.5) is 0 Å². The van der Waals surface area contributed by atoms with Crippen LogP contribution in [0, 0.1) is 0 Å². The SMILES string of the molecule is O=C([O-])c1nc(-c2ccccc2)cc(-c2ccccc2)n1.O=C([O-])c1nc(-c2ccccc2)cc(-c2ccccc2)n1.O=C([O-])c1nc(-c2ccccc2)cc(-c2ccccc2)n1.[Ir+3]. The average Bonchev–Trinajstić information content (AvgIpc) is 3.35. The monoisotopic (exact) mass is 1020 g/mol. The third-order valence-electron chi connectivity index (χ3n) is 9.14. The van der Waals surface area contributed by atoms with Crippen molar-refractivity contribution in [1.29, 1.82) is 0 Å². The number of rotatable bonds is 9. The zero-order chi connectivity index (χ0) is 44.0. The summed E-state index contributed by atoms with van der Waals surface area (Å²) in [5.74, 6) is -5.08. The van der Waals surface area contributed by atoms with Gasteiger partial charge in [0.05, 0.1) is 34.2 Å². The Morgan fingerprint density at radius 1 is 0.266 bits per heavy atom. The minimum absolute atomic E-state index is 0. The molecule has 0 aliphatic carbocycles. The van der Waals surface area contributed by atoms with Crippen molar-refractivity contribution in [3.05, 3.63) is 218 Å². The Morgan fingerprint density at radius 2 is 0.406 bits per heavy atom. The Bertz CT molecular complexity index is 2470. The molecule has 0 amide bonds. The molecule has 64 heavy (non-hydrogen) atoms. The van der Waals surface area contributed by atoms with Crippen LogP contribution in [0.5, 0.6) is 0 Å². The van der Waals surface area contributed by atoms with Gasteiger partial charge >= 0.3 is 20.1 Å². The van der Waals surface area contributed by atoms with E-state index in [-0.39, 0.29) is 37.6 Å². The van der Waals surface area contributed by atoms with Crippen molar-refractivity contribution in [1.82, 2.24) is 29.9 Å². The van der Waals surface area contributed by atoms with Gasteiger partial charge in [-0.05, 0) is 18.2 Å². The Kier molecular flexibility index (Phi) is 15.5. The van der Waals surface area contributed by atoms with E-state index in [1.807, 2.05) is 182 Å². The van der Waals surface area contributed by atoms with E-state index in [0.29, 0.717) is 34.2 Å². The molecule has 0 unspecified atom stereocenters. The van der Waals surface area contributed by atoms with Gasteiger partial charge in [-0.25, -0.2) is 29.9 Å². The van der Waals surface area contributed by atoms with Crippen LogP contribution in [0.15, 0.2) is 200 Å². The van der Waals surface area contributed by atoms with E-state index < -0.39 is 17.9 Å². The molecule has 3 heterocycles. The summed E-state index contributed by atoms with van der Waals surface area (Å²) in [5.41, 5.74) is 8.35. The predicted octanol–water partition coefficient (Wildman–Crippen LogP) is 6.52. The van der Waals surface area contributed by atoms with Crippen molar-refractivity contribution in [2.24, 2.45) is 0 Å². The second kappa shape index (κ2) is 21.9. The van der Waals surface area contributed by atoms with Gasteiger partial charge in [0.2, 0.25) is 0 Å². The van der Waals surface area contributed by atoms with Crippen molar-refractivity contribution in [2.45, 2.75) is 0 Å². The van der Waals surface area contributed by atoms with Crippen LogP contribution in [0.2, 0.25) is 0 Å². The van der Waals surface area contributed by atoms with Crippen molar-refractivity contribution in [3.63, 3.8) is 0 Å². The molecule has 9 rings (SSSR count). The van der Waals surface area contributed by atoms with Gasteiger partial charge in [-0.15, -0.1) is 0 Å². The fraction of sp³-hybridized carbons (Fsp3) is 0. The van der Waals surface area contributed by atoms with Gasteiger partial charge in [-0.1, -0.05) is 182 Å². The molecule has 0 aliphatic rings. The molecule has 0 saturated heterocycles. The van der Waals surface area contributed by atoms with E-state index in [2.05, 4.69) is 29.9 Å². The Morgan fingerprint density at radius 3 is 0.531 bits per heavy atom. The number of benzene rings is 6. The zero-order valence-corrected chi connectivity index (χ0v) is 35.9. The standard InChI is InChI=1S/3C17H12N2O2.Ir/c3*20-17(21)16-18-14(12-7-3-1-4-8-12)11-15(19-16)13-9-5-2-6-10-13;/h3*1-11H,(H,20,21);/q;;;+3/p-3. The number of nitrogens with zero attached hydrogens (tertiary/aromatic N) is 6. The van der Waals surface area contributed by atoms with Gasteiger partial charge in [0.15, 0.2) is 17.5 Å². The first kappa shape index (κ1) is 45.2. The van der Waals surface area contributed by atoms with E-state index in [9.17, 15) is 29.7 Å². The molecule has 3 aromatic heterocycles. The summed E-state index contributed by atoms with van der Waals surface area (Å²) in [5, 5.41) is 33.4. The summed E-state index contributed by atoms with van der Waals surface area (Å²) >= 11 is 0. The van der Waals surface area contributed by atoms with Gasteiger partial charge in [0.25, 0.3) is 0 Å². The summed E-state index contributed by atoms with van der Waals surface area (Å²) < 4.78 is 0. The van der Waals surface area contributed by atoms with Crippen LogP contribution >= 0.6 is 0 Å². The summed E-state index contributed by atoms with van der Waals surface area (Å²) in [4.78, 5) is 57.7. The van der Waals surface area contributed by atoms with Crippen molar-refractivity contribution in [3.8, 4) is 67.5 Å². The molecular weight excluding hydrogens is 985 g/mol. The maximum absolute atomic E-state index is 11.1. The van der Waals surface area contributed by atoms with Crippen molar-refractivity contribution in [2.75, 3.05) is 0 Å². The number of aromatic carboxylic acids is 3. The molecule has 0 radical (unpaired) electrons. The molecule has 312 valence electrons. The molecule has 6 aromatic carbocycles. The van der Waals surface area contributed by atoms with Gasteiger partial charge in [0, 0.05) is 33.4 Å². The first-order valence-corrected chi connectivity index (χ1v) is 19.4. The van der Waals surface area contributed by atoms with Gasteiger partial charge in [-0.2, -0.15) is 0 Å². The van der Waals surface area contributed by atoms with Gasteiger partial charge < -0.3 is 29.7 Å². The third kappa shape index (κ3) is 11.9. The summed E-state index contributed by atoms with van der Waals surface area (Å²) in [6.45, 7) is 0. The van der Waals surface area contributed by atoms with Crippen LogP contribution in [0.3, 0.4) is 0 Å². The van der Waals surface area contributed by atoms with E-state index >= 15 is 0 Å². The van der Waals surface area contributed by atoms with Crippen LogP contribution in [0.25, 0.3) is 67.5 Å². The molecule has 12 nitrogen and oxygen atoms in total. The Balaban J connectivity index is 0.000000158. The molecule has 0 bridgehead atoms. The molecule has 0 N–H and O–H groups in total. The second-order valence-corrected chi connectivity index (χ2v) is 13.4.